The normalized spacial score (nSPS) is 26.8. The average Bonchev–Trinajstić information content (AvgIpc) is 2.63. The second-order valence-corrected chi connectivity index (χ2v) is 5.03. The maximum Gasteiger partial charge on any atom is 0.0797 e. The standard InChI is InChI=1S/C11H17NO2S/c1-8-11(15-7-12-8)3-2-9-6-14-5-4-10(9)13/h7,9-10,13H,2-6H2,1H3. The molecule has 0 radical (unpaired) electrons. The Morgan fingerprint density at radius 2 is 2.53 bits per heavy atom. The minimum absolute atomic E-state index is 0.174. The van der Waals surface area contributed by atoms with Crippen molar-refractivity contribution >= 4 is 11.3 Å². The van der Waals surface area contributed by atoms with Gasteiger partial charge in [-0.25, -0.2) is 4.98 Å². The van der Waals surface area contributed by atoms with E-state index in [0.29, 0.717) is 19.1 Å². The van der Waals surface area contributed by atoms with Crippen LogP contribution in [0.1, 0.15) is 23.4 Å². The number of thiazole rings is 1. The van der Waals surface area contributed by atoms with E-state index in [-0.39, 0.29) is 6.10 Å². The Morgan fingerprint density at radius 3 is 3.20 bits per heavy atom. The molecule has 0 aliphatic carbocycles. The van der Waals surface area contributed by atoms with Gasteiger partial charge in [-0.15, -0.1) is 11.3 Å². The molecule has 1 saturated heterocycles. The Hall–Kier alpha value is -0.450. The zero-order chi connectivity index (χ0) is 10.7. The van der Waals surface area contributed by atoms with Gasteiger partial charge in [-0.05, 0) is 26.2 Å². The van der Waals surface area contributed by atoms with E-state index in [2.05, 4.69) is 4.98 Å². The molecule has 15 heavy (non-hydrogen) atoms. The van der Waals surface area contributed by atoms with Gasteiger partial charge in [-0.1, -0.05) is 0 Å². The molecule has 2 unspecified atom stereocenters. The number of aromatic nitrogens is 1. The first-order chi connectivity index (χ1) is 7.27. The highest BCUT2D eigenvalue weighted by molar-refractivity contribution is 7.09. The number of aryl methyl sites for hydroxylation is 2. The predicted molar refractivity (Wildman–Crippen MR) is 60.1 cm³/mol. The third-order valence-corrected chi connectivity index (χ3v) is 4.02. The molecule has 1 aromatic rings. The summed E-state index contributed by atoms with van der Waals surface area (Å²) in [5, 5.41) is 9.77. The molecule has 1 fully saturated rings. The number of hydrogen-bond donors (Lipinski definition) is 1. The van der Waals surface area contributed by atoms with Crippen molar-refractivity contribution in [2.24, 2.45) is 5.92 Å². The number of nitrogens with zero attached hydrogens (tertiary/aromatic N) is 1. The van der Waals surface area contributed by atoms with Crippen LogP contribution >= 0.6 is 11.3 Å². The average molecular weight is 227 g/mol. The van der Waals surface area contributed by atoms with Crippen LogP contribution in [0, 0.1) is 12.8 Å². The number of rotatable bonds is 3. The molecule has 1 aliphatic heterocycles. The molecule has 2 atom stereocenters. The molecule has 2 rings (SSSR count). The largest absolute Gasteiger partial charge is 0.393 e. The molecule has 1 N–H and O–H groups in total. The predicted octanol–water partition coefficient (Wildman–Crippen LogP) is 1.78. The fraction of sp³-hybridized carbons (Fsp3) is 0.727. The van der Waals surface area contributed by atoms with Gasteiger partial charge in [-0.3, -0.25) is 0 Å². The van der Waals surface area contributed by atoms with Crippen molar-refractivity contribution in [2.75, 3.05) is 13.2 Å². The quantitative estimate of drug-likeness (QED) is 0.856. The minimum atomic E-state index is -0.174. The van der Waals surface area contributed by atoms with Crippen LogP contribution in [-0.2, 0) is 11.2 Å². The number of aliphatic hydroxyl groups is 1. The maximum atomic E-state index is 9.77. The maximum absolute atomic E-state index is 9.77. The first-order valence-corrected chi connectivity index (χ1v) is 6.30. The van der Waals surface area contributed by atoms with Crippen LogP contribution in [0.2, 0.25) is 0 Å². The molecule has 0 aromatic carbocycles. The van der Waals surface area contributed by atoms with Crippen molar-refractivity contribution < 1.29 is 9.84 Å². The van der Waals surface area contributed by atoms with E-state index < -0.39 is 0 Å². The summed E-state index contributed by atoms with van der Waals surface area (Å²) in [6.45, 7) is 3.45. The van der Waals surface area contributed by atoms with E-state index in [0.717, 1.165) is 25.0 Å². The molecule has 0 spiro atoms. The summed E-state index contributed by atoms with van der Waals surface area (Å²) in [4.78, 5) is 5.56. The van der Waals surface area contributed by atoms with Gasteiger partial charge >= 0.3 is 0 Å². The fourth-order valence-electron chi connectivity index (χ4n) is 1.94. The van der Waals surface area contributed by atoms with Crippen molar-refractivity contribution in [1.29, 1.82) is 0 Å². The summed E-state index contributed by atoms with van der Waals surface area (Å²) in [5.41, 5.74) is 3.02. The van der Waals surface area contributed by atoms with E-state index in [9.17, 15) is 5.11 Å². The van der Waals surface area contributed by atoms with E-state index in [1.165, 1.54) is 4.88 Å². The molecule has 4 heteroatoms. The Balaban J connectivity index is 1.84. The van der Waals surface area contributed by atoms with Crippen molar-refractivity contribution in [3.8, 4) is 0 Å². The van der Waals surface area contributed by atoms with E-state index in [4.69, 9.17) is 4.74 Å². The summed E-state index contributed by atoms with van der Waals surface area (Å²) in [6, 6.07) is 0. The van der Waals surface area contributed by atoms with Gasteiger partial charge in [0.2, 0.25) is 0 Å². The third-order valence-electron chi connectivity index (χ3n) is 3.02. The SMILES string of the molecule is Cc1ncsc1CCC1COCCC1O. The summed E-state index contributed by atoms with van der Waals surface area (Å²) in [5.74, 6) is 0.306. The fourth-order valence-corrected chi connectivity index (χ4v) is 2.74. The molecule has 84 valence electrons. The molecule has 3 nitrogen and oxygen atoms in total. The molecule has 1 aromatic heterocycles. The van der Waals surface area contributed by atoms with Gasteiger partial charge in [0.25, 0.3) is 0 Å². The van der Waals surface area contributed by atoms with Crippen molar-refractivity contribution in [3.05, 3.63) is 16.1 Å². The summed E-state index contributed by atoms with van der Waals surface area (Å²) < 4.78 is 5.38. The van der Waals surface area contributed by atoms with Crippen LogP contribution in [0.4, 0.5) is 0 Å². The zero-order valence-electron chi connectivity index (χ0n) is 8.98. The molecule has 0 saturated carbocycles. The van der Waals surface area contributed by atoms with Gasteiger partial charge in [0.15, 0.2) is 0 Å². The Kier molecular flexibility index (Phi) is 3.72. The molecule has 2 heterocycles. The molecule has 0 amide bonds. The van der Waals surface area contributed by atoms with E-state index in [1.807, 2.05) is 12.4 Å². The summed E-state index contributed by atoms with van der Waals surface area (Å²) >= 11 is 1.71. The third kappa shape index (κ3) is 2.77. The molecular weight excluding hydrogens is 210 g/mol. The number of hydrogen-bond acceptors (Lipinski definition) is 4. The molecule has 0 bridgehead atoms. The lowest BCUT2D eigenvalue weighted by Gasteiger charge is -2.27. The highest BCUT2D eigenvalue weighted by Crippen LogP contribution is 2.22. The summed E-state index contributed by atoms with van der Waals surface area (Å²) in [7, 11) is 0. The Bertz CT molecular complexity index is 313. The Morgan fingerprint density at radius 1 is 1.67 bits per heavy atom. The van der Waals surface area contributed by atoms with Gasteiger partial charge in [0.1, 0.15) is 0 Å². The second-order valence-electron chi connectivity index (χ2n) is 4.09. The first kappa shape index (κ1) is 11.0. The topological polar surface area (TPSA) is 42.4 Å². The van der Waals surface area contributed by atoms with Crippen LogP contribution in [0.3, 0.4) is 0 Å². The second kappa shape index (κ2) is 5.05. The molecule has 1 aliphatic rings. The van der Waals surface area contributed by atoms with Crippen molar-refractivity contribution in [1.82, 2.24) is 4.98 Å². The van der Waals surface area contributed by atoms with Crippen molar-refractivity contribution in [2.45, 2.75) is 32.3 Å². The van der Waals surface area contributed by atoms with Crippen LogP contribution in [-0.4, -0.2) is 29.4 Å². The smallest absolute Gasteiger partial charge is 0.0797 e. The van der Waals surface area contributed by atoms with Crippen LogP contribution in [0.5, 0.6) is 0 Å². The monoisotopic (exact) mass is 227 g/mol. The zero-order valence-corrected chi connectivity index (χ0v) is 9.80. The van der Waals surface area contributed by atoms with Gasteiger partial charge in [-0.2, -0.15) is 0 Å². The Labute approximate surface area is 94.1 Å². The lowest BCUT2D eigenvalue weighted by Crippen LogP contribution is -2.32. The van der Waals surface area contributed by atoms with Crippen LogP contribution < -0.4 is 0 Å². The highest BCUT2D eigenvalue weighted by atomic mass is 32.1. The van der Waals surface area contributed by atoms with E-state index in [1.54, 1.807) is 11.3 Å². The number of aliphatic hydroxyl groups excluding tert-OH is 1. The van der Waals surface area contributed by atoms with Crippen LogP contribution in [0.25, 0.3) is 0 Å². The van der Waals surface area contributed by atoms with Gasteiger partial charge < -0.3 is 9.84 Å². The van der Waals surface area contributed by atoms with Gasteiger partial charge in [0, 0.05) is 17.4 Å². The molecular formula is C11H17NO2S. The lowest BCUT2D eigenvalue weighted by atomic mass is 9.93. The van der Waals surface area contributed by atoms with E-state index >= 15 is 0 Å². The van der Waals surface area contributed by atoms with Crippen LogP contribution in [0.15, 0.2) is 5.51 Å². The van der Waals surface area contributed by atoms with Crippen molar-refractivity contribution in [3.63, 3.8) is 0 Å². The lowest BCUT2D eigenvalue weighted by molar-refractivity contribution is -0.0380. The number of ether oxygens (including phenoxy) is 1. The first-order valence-electron chi connectivity index (χ1n) is 5.42. The summed E-state index contributed by atoms with van der Waals surface area (Å²) in [6.07, 6.45) is 2.63. The minimum Gasteiger partial charge on any atom is -0.393 e. The van der Waals surface area contributed by atoms with Gasteiger partial charge in [0.05, 0.1) is 23.9 Å². The highest BCUT2D eigenvalue weighted by Gasteiger charge is 2.23.